The zero-order chi connectivity index (χ0) is 32.2. The third-order valence-corrected chi connectivity index (χ3v) is 8.22. The van der Waals surface area contributed by atoms with Crippen LogP contribution in [0.25, 0.3) is 0 Å². The van der Waals surface area contributed by atoms with E-state index in [1.807, 2.05) is 72.9 Å². The summed E-state index contributed by atoms with van der Waals surface area (Å²) in [5.41, 5.74) is 3.61. The SMILES string of the molecule is CCCCC1(c2ccc(Oc3ccc(NC(=O)c4ccccc4)cc3)cc2)N=CC(c2ccc(OCCCN(CC)CC)cc2)=N1. The van der Waals surface area contributed by atoms with Gasteiger partial charge in [-0.05, 0) is 105 Å². The molecule has 0 saturated carbocycles. The lowest BCUT2D eigenvalue weighted by atomic mass is 9.94. The predicted molar refractivity (Wildman–Crippen MR) is 188 cm³/mol. The van der Waals surface area contributed by atoms with Crippen molar-refractivity contribution in [3.05, 3.63) is 120 Å². The molecule has 1 heterocycles. The Morgan fingerprint density at radius 1 is 0.783 bits per heavy atom. The molecule has 0 radical (unpaired) electrons. The van der Waals surface area contributed by atoms with Crippen molar-refractivity contribution in [1.82, 2.24) is 4.90 Å². The number of aliphatic imine (C=N–C) groups is 2. The summed E-state index contributed by atoms with van der Waals surface area (Å²) in [6.45, 7) is 10.5. The minimum atomic E-state index is -0.651. The molecule has 0 aromatic heterocycles. The molecule has 4 aromatic carbocycles. The van der Waals surface area contributed by atoms with E-state index in [1.165, 1.54) is 0 Å². The fourth-order valence-corrected chi connectivity index (χ4v) is 5.46. The molecule has 1 unspecified atom stereocenters. The Kier molecular flexibility index (Phi) is 11.4. The molecule has 7 heteroatoms. The van der Waals surface area contributed by atoms with Gasteiger partial charge in [0, 0.05) is 28.9 Å². The average Bonchev–Trinajstić information content (AvgIpc) is 3.55. The van der Waals surface area contributed by atoms with E-state index >= 15 is 0 Å². The lowest BCUT2D eigenvalue weighted by molar-refractivity contribution is 0.102. The average molecular weight is 617 g/mol. The van der Waals surface area contributed by atoms with Crippen LogP contribution < -0.4 is 14.8 Å². The van der Waals surface area contributed by atoms with E-state index in [2.05, 4.69) is 55.3 Å². The number of benzene rings is 4. The Morgan fingerprint density at radius 2 is 1.43 bits per heavy atom. The van der Waals surface area contributed by atoms with Gasteiger partial charge in [-0.2, -0.15) is 0 Å². The molecule has 238 valence electrons. The highest BCUT2D eigenvalue weighted by atomic mass is 16.5. The Morgan fingerprint density at radius 3 is 2.09 bits per heavy atom. The first-order valence-electron chi connectivity index (χ1n) is 16.4. The van der Waals surface area contributed by atoms with Gasteiger partial charge in [0.05, 0.1) is 18.5 Å². The Balaban J connectivity index is 1.21. The fourth-order valence-electron chi connectivity index (χ4n) is 5.46. The van der Waals surface area contributed by atoms with Gasteiger partial charge in [0.2, 0.25) is 0 Å². The summed E-state index contributed by atoms with van der Waals surface area (Å²) in [5.74, 6) is 2.12. The number of rotatable bonds is 16. The Bertz CT molecular complexity index is 1600. The van der Waals surface area contributed by atoms with E-state index in [1.54, 1.807) is 12.1 Å². The lowest BCUT2D eigenvalue weighted by Crippen LogP contribution is -2.25. The van der Waals surface area contributed by atoms with Crippen molar-refractivity contribution in [2.45, 2.75) is 52.1 Å². The Labute approximate surface area is 273 Å². The lowest BCUT2D eigenvalue weighted by Gasteiger charge is -2.24. The van der Waals surface area contributed by atoms with Gasteiger partial charge in [0.1, 0.15) is 17.2 Å². The highest BCUT2D eigenvalue weighted by Gasteiger charge is 2.34. The minimum Gasteiger partial charge on any atom is -0.494 e. The molecule has 0 fully saturated rings. The van der Waals surface area contributed by atoms with E-state index in [-0.39, 0.29) is 5.91 Å². The fraction of sp³-hybridized carbons (Fsp3) is 0.308. The highest BCUT2D eigenvalue weighted by molar-refractivity contribution is 6.39. The van der Waals surface area contributed by atoms with Gasteiger partial charge in [-0.25, -0.2) is 4.99 Å². The molecule has 5 rings (SSSR count). The molecule has 0 spiro atoms. The van der Waals surface area contributed by atoms with Crippen molar-refractivity contribution in [2.24, 2.45) is 9.98 Å². The van der Waals surface area contributed by atoms with Crippen molar-refractivity contribution in [2.75, 3.05) is 31.6 Å². The molecule has 0 bridgehead atoms. The van der Waals surface area contributed by atoms with Gasteiger partial charge in [-0.1, -0.05) is 57.5 Å². The summed E-state index contributed by atoms with van der Waals surface area (Å²) in [6.07, 6.45) is 5.81. The topological polar surface area (TPSA) is 75.5 Å². The third-order valence-electron chi connectivity index (χ3n) is 8.22. The molecular weight excluding hydrogens is 572 g/mol. The van der Waals surface area contributed by atoms with Crippen molar-refractivity contribution in [3.63, 3.8) is 0 Å². The Hall–Kier alpha value is -4.75. The zero-order valence-electron chi connectivity index (χ0n) is 27.1. The number of nitrogens with zero attached hydrogens (tertiary/aromatic N) is 3. The molecule has 0 saturated heterocycles. The van der Waals surface area contributed by atoms with Crippen molar-refractivity contribution in [1.29, 1.82) is 0 Å². The van der Waals surface area contributed by atoms with Crippen molar-refractivity contribution < 1.29 is 14.3 Å². The monoisotopic (exact) mass is 616 g/mol. The van der Waals surface area contributed by atoms with Crippen LogP contribution in [0.3, 0.4) is 0 Å². The first-order chi connectivity index (χ1) is 22.5. The largest absolute Gasteiger partial charge is 0.494 e. The quantitative estimate of drug-likeness (QED) is 0.128. The van der Waals surface area contributed by atoms with Crippen LogP contribution >= 0.6 is 0 Å². The maximum atomic E-state index is 12.4. The molecule has 4 aromatic rings. The number of carbonyl (C=O) groups excluding carboxylic acids is 1. The third kappa shape index (κ3) is 8.49. The van der Waals surface area contributed by atoms with Gasteiger partial charge in [0.15, 0.2) is 5.66 Å². The summed E-state index contributed by atoms with van der Waals surface area (Å²) < 4.78 is 12.1. The second kappa shape index (κ2) is 16.0. The van der Waals surface area contributed by atoms with E-state index in [0.717, 1.165) is 67.9 Å². The second-order valence-electron chi connectivity index (χ2n) is 11.4. The number of anilines is 1. The minimum absolute atomic E-state index is 0.148. The first-order valence-corrected chi connectivity index (χ1v) is 16.4. The van der Waals surface area contributed by atoms with Gasteiger partial charge < -0.3 is 19.7 Å². The number of hydrogen-bond donors (Lipinski definition) is 1. The zero-order valence-corrected chi connectivity index (χ0v) is 27.1. The van der Waals surface area contributed by atoms with Crippen LogP contribution in [0, 0.1) is 0 Å². The van der Waals surface area contributed by atoms with Crippen LogP contribution in [-0.2, 0) is 5.66 Å². The van der Waals surface area contributed by atoms with E-state index in [4.69, 9.17) is 19.5 Å². The molecule has 46 heavy (non-hydrogen) atoms. The molecule has 1 atom stereocenters. The molecular formula is C39H44N4O3. The number of ether oxygens (including phenoxy) is 2. The number of carbonyl (C=O) groups is 1. The predicted octanol–water partition coefficient (Wildman–Crippen LogP) is 8.76. The van der Waals surface area contributed by atoms with E-state index < -0.39 is 5.66 Å². The standard InChI is InChI=1S/C39H44N4O3/c1-4-7-26-39(40-29-37(42-39)30-14-20-34(21-15-30)45-28-11-27-43(5-2)6-3)32-16-22-35(23-17-32)46-36-24-18-33(19-25-36)41-38(44)31-12-9-8-10-13-31/h8-10,12-25,29H,4-7,11,26-28H2,1-3H3,(H,41,44). The molecule has 1 aliphatic rings. The van der Waals surface area contributed by atoms with Gasteiger partial charge in [-0.15, -0.1) is 0 Å². The molecule has 0 aliphatic carbocycles. The van der Waals surface area contributed by atoms with Gasteiger partial charge >= 0.3 is 0 Å². The van der Waals surface area contributed by atoms with Crippen LogP contribution in [0.5, 0.6) is 17.2 Å². The van der Waals surface area contributed by atoms with E-state index in [0.29, 0.717) is 29.4 Å². The van der Waals surface area contributed by atoms with Gasteiger partial charge in [0.25, 0.3) is 5.91 Å². The van der Waals surface area contributed by atoms with Crippen LogP contribution in [-0.4, -0.2) is 49.0 Å². The number of hydrogen-bond acceptors (Lipinski definition) is 6. The second-order valence-corrected chi connectivity index (χ2v) is 11.4. The number of nitrogens with one attached hydrogen (secondary N) is 1. The maximum absolute atomic E-state index is 12.4. The molecule has 7 nitrogen and oxygen atoms in total. The summed E-state index contributed by atoms with van der Waals surface area (Å²) >= 11 is 0. The van der Waals surface area contributed by atoms with Crippen LogP contribution in [0.15, 0.2) is 113 Å². The maximum Gasteiger partial charge on any atom is 0.255 e. The number of unbranched alkanes of at least 4 members (excludes halogenated alkanes) is 1. The van der Waals surface area contributed by atoms with Gasteiger partial charge in [-0.3, -0.25) is 9.79 Å². The molecule has 1 amide bonds. The van der Waals surface area contributed by atoms with Crippen LogP contribution in [0.1, 0.15) is 67.9 Å². The number of amides is 1. The van der Waals surface area contributed by atoms with Crippen LogP contribution in [0.2, 0.25) is 0 Å². The smallest absolute Gasteiger partial charge is 0.255 e. The van der Waals surface area contributed by atoms with Crippen molar-refractivity contribution >= 4 is 23.5 Å². The first kappa shape index (κ1) is 32.6. The summed E-state index contributed by atoms with van der Waals surface area (Å²) in [4.78, 5) is 25.0. The highest BCUT2D eigenvalue weighted by Crippen LogP contribution is 2.38. The van der Waals surface area contributed by atoms with Crippen LogP contribution in [0.4, 0.5) is 5.69 Å². The molecule has 1 N–H and O–H groups in total. The normalized spacial score (nSPS) is 15.5. The van der Waals surface area contributed by atoms with Crippen molar-refractivity contribution in [3.8, 4) is 17.2 Å². The summed E-state index contributed by atoms with van der Waals surface area (Å²) in [5, 5.41) is 2.92. The van der Waals surface area contributed by atoms with E-state index in [9.17, 15) is 4.79 Å². The summed E-state index contributed by atoms with van der Waals surface area (Å²) in [6, 6.07) is 32.7. The summed E-state index contributed by atoms with van der Waals surface area (Å²) in [7, 11) is 0. The molecule has 1 aliphatic heterocycles.